The zero-order chi connectivity index (χ0) is 15.5. The van der Waals surface area contributed by atoms with Gasteiger partial charge in [-0.25, -0.2) is 0 Å². The molecule has 0 spiro atoms. The molecule has 1 atom stereocenters. The Labute approximate surface area is 130 Å². The highest BCUT2D eigenvalue weighted by atomic mass is 15.2. The third-order valence-electron chi connectivity index (χ3n) is 5.13. The maximum atomic E-state index is 3.76. The van der Waals surface area contributed by atoms with E-state index in [0.29, 0.717) is 11.6 Å². The Morgan fingerprint density at radius 2 is 1.62 bits per heavy atom. The zero-order valence-electron chi connectivity index (χ0n) is 14.3. The summed E-state index contributed by atoms with van der Waals surface area (Å²) < 4.78 is 0. The fraction of sp³-hybridized carbons (Fsp3) is 0.667. The monoisotopic (exact) mass is 289 g/mol. The van der Waals surface area contributed by atoms with Gasteiger partial charge in [0.2, 0.25) is 0 Å². The molecule has 1 saturated carbocycles. The fourth-order valence-electron chi connectivity index (χ4n) is 3.34. The number of anilines is 1. The van der Waals surface area contributed by atoms with E-state index in [9.17, 15) is 0 Å². The van der Waals surface area contributed by atoms with Crippen molar-refractivity contribution in [1.29, 1.82) is 0 Å². The van der Waals surface area contributed by atoms with E-state index >= 15 is 0 Å². The average Bonchev–Trinajstić information content (AvgIpc) is 2.95. The first-order valence-electron chi connectivity index (χ1n) is 8.13. The van der Waals surface area contributed by atoms with E-state index in [-0.39, 0.29) is 0 Å². The second-order valence-electron chi connectivity index (χ2n) is 6.91. The third-order valence-corrected chi connectivity index (χ3v) is 5.13. The van der Waals surface area contributed by atoms with Crippen LogP contribution >= 0.6 is 0 Å². The van der Waals surface area contributed by atoms with E-state index in [1.54, 1.807) is 0 Å². The van der Waals surface area contributed by atoms with Crippen LogP contribution in [0.25, 0.3) is 0 Å². The van der Waals surface area contributed by atoms with Gasteiger partial charge in [-0.2, -0.15) is 0 Å². The summed E-state index contributed by atoms with van der Waals surface area (Å²) in [5.41, 5.74) is 2.98. The summed E-state index contributed by atoms with van der Waals surface area (Å²) in [6, 6.07) is 9.28. The lowest BCUT2D eigenvalue weighted by Crippen LogP contribution is -2.50. The molecule has 0 bridgehead atoms. The van der Waals surface area contributed by atoms with Crippen molar-refractivity contribution < 1.29 is 0 Å². The van der Waals surface area contributed by atoms with Crippen LogP contribution in [0.15, 0.2) is 24.3 Å². The molecule has 118 valence electrons. The lowest BCUT2D eigenvalue weighted by Gasteiger charge is -2.37. The summed E-state index contributed by atoms with van der Waals surface area (Å²) in [6.45, 7) is 3.35. The fourth-order valence-corrected chi connectivity index (χ4v) is 3.34. The lowest BCUT2D eigenvalue weighted by atomic mass is 9.95. The number of likely N-dealkylation sites (N-methyl/N-ethyl adjacent to an activating group) is 1. The first kappa shape index (κ1) is 16.3. The molecule has 3 nitrogen and oxygen atoms in total. The van der Waals surface area contributed by atoms with Gasteiger partial charge in [-0.3, -0.25) is 0 Å². The molecule has 1 N–H and O–H groups in total. The molecule has 0 aromatic heterocycles. The minimum absolute atomic E-state index is 0.359. The number of nitrogens with one attached hydrogen (secondary N) is 1. The van der Waals surface area contributed by atoms with Crippen LogP contribution in [0.3, 0.4) is 0 Å². The molecule has 1 unspecified atom stereocenters. The summed E-state index contributed by atoms with van der Waals surface area (Å²) in [4.78, 5) is 4.57. The van der Waals surface area contributed by atoms with Crippen LogP contribution in [0.1, 0.15) is 44.2 Å². The summed E-state index contributed by atoms with van der Waals surface area (Å²) in [6.07, 6.45) is 5.37. The van der Waals surface area contributed by atoms with E-state index in [1.807, 2.05) is 0 Å². The molecule has 0 amide bonds. The maximum absolute atomic E-state index is 3.76. The van der Waals surface area contributed by atoms with E-state index in [4.69, 9.17) is 0 Å². The van der Waals surface area contributed by atoms with Gasteiger partial charge in [0, 0.05) is 37.9 Å². The molecule has 0 saturated heterocycles. The van der Waals surface area contributed by atoms with Crippen molar-refractivity contribution in [2.75, 3.05) is 39.6 Å². The predicted molar refractivity (Wildman–Crippen MR) is 92.1 cm³/mol. The van der Waals surface area contributed by atoms with Crippen LogP contribution in [0.5, 0.6) is 0 Å². The van der Waals surface area contributed by atoms with Crippen molar-refractivity contribution in [1.82, 2.24) is 10.2 Å². The first-order chi connectivity index (χ1) is 9.94. The normalized spacial score (nSPS) is 19.0. The van der Waals surface area contributed by atoms with Crippen LogP contribution in [0.2, 0.25) is 0 Å². The van der Waals surface area contributed by atoms with Gasteiger partial charge in [-0.05, 0) is 51.6 Å². The zero-order valence-corrected chi connectivity index (χ0v) is 14.3. The van der Waals surface area contributed by atoms with Crippen molar-refractivity contribution in [3.8, 4) is 0 Å². The Hall–Kier alpha value is -1.06. The van der Waals surface area contributed by atoms with E-state index in [2.05, 4.69) is 74.5 Å². The quantitative estimate of drug-likeness (QED) is 0.867. The Balaban J connectivity index is 1.96. The molecule has 1 aliphatic rings. The number of nitrogens with zero attached hydrogens (tertiary/aromatic N) is 2. The standard InChI is InChI=1S/C18H31N3/c1-15(16-8-10-17(11-9-16)20(2)3)19-14-18(21(4)5)12-6-7-13-18/h8-11,15,19H,6-7,12-14H2,1-5H3. The minimum Gasteiger partial charge on any atom is -0.378 e. The van der Waals surface area contributed by atoms with Crippen molar-refractivity contribution in [2.24, 2.45) is 0 Å². The van der Waals surface area contributed by atoms with Crippen LogP contribution in [0.4, 0.5) is 5.69 Å². The van der Waals surface area contributed by atoms with Crippen LogP contribution in [-0.4, -0.2) is 45.2 Å². The maximum Gasteiger partial charge on any atom is 0.0361 e. The molecular weight excluding hydrogens is 258 g/mol. The molecule has 3 heteroatoms. The van der Waals surface area contributed by atoms with Gasteiger partial charge < -0.3 is 15.1 Å². The van der Waals surface area contributed by atoms with Crippen LogP contribution in [0, 0.1) is 0 Å². The average molecular weight is 289 g/mol. The van der Waals surface area contributed by atoms with E-state index in [1.165, 1.54) is 36.9 Å². The topological polar surface area (TPSA) is 18.5 Å². The summed E-state index contributed by atoms with van der Waals surface area (Å²) in [5, 5.41) is 3.76. The SMILES string of the molecule is CC(NCC1(N(C)C)CCCC1)c1ccc(N(C)C)cc1. The highest BCUT2D eigenvalue weighted by molar-refractivity contribution is 5.46. The number of benzene rings is 1. The van der Waals surface area contributed by atoms with Gasteiger partial charge in [0.25, 0.3) is 0 Å². The second kappa shape index (κ2) is 6.80. The molecule has 1 aliphatic carbocycles. The van der Waals surface area contributed by atoms with Gasteiger partial charge >= 0.3 is 0 Å². The number of rotatable bonds is 6. The minimum atomic E-state index is 0.359. The number of hydrogen-bond donors (Lipinski definition) is 1. The van der Waals surface area contributed by atoms with Crippen LogP contribution in [-0.2, 0) is 0 Å². The van der Waals surface area contributed by atoms with Gasteiger partial charge in [0.1, 0.15) is 0 Å². The Morgan fingerprint density at radius 3 is 2.10 bits per heavy atom. The Bertz CT molecular complexity index is 430. The van der Waals surface area contributed by atoms with Gasteiger partial charge in [-0.1, -0.05) is 25.0 Å². The highest BCUT2D eigenvalue weighted by Crippen LogP contribution is 2.33. The van der Waals surface area contributed by atoms with Crippen molar-refractivity contribution in [3.05, 3.63) is 29.8 Å². The van der Waals surface area contributed by atoms with E-state index < -0.39 is 0 Å². The molecule has 1 fully saturated rings. The molecular formula is C18H31N3. The molecule has 1 aromatic rings. The first-order valence-corrected chi connectivity index (χ1v) is 8.13. The molecule has 21 heavy (non-hydrogen) atoms. The molecule has 2 rings (SSSR count). The summed E-state index contributed by atoms with van der Waals surface area (Å²) in [5.74, 6) is 0. The third kappa shape index (κ3) is 3.78. The van der Waals surface area contributed by atoms with Crippen molar-refractivity contribution >= 4 is 5.69 Å². The Kier molecular flexibility index (Phi) is 5.28. The van der Waals surface area contributed by atoms with Crippen LogP contribution < -0.4 is 10.2 Å². The highest BCUT2D eigenvalue weighted by Gasteiger charge is 2.35. The lowest BCUT2D eigenvalue weighted by molar-refractivity contribution is 0.150. The van der Waals surface area contributed by atoms with Crippen molar-refractivity contribution in [3.63, 3.8) is 0 Å². The number of hydrogen-bond acceptors (Lipinski definition) is 3. The molecule has 0 aliphatic heterocycles. The van der Waals surface area contributed by atoms with Gasteiger partial charge in [0.05, 0.1) is 0 Å². The van der Waals surface area contributed by atoms with Crippen molar-refractivity contribution in [2.45, 2.75) is 44.2 Å². The van der Waals surface area contributed by atoms with Gasteiger partial charge in [-0.15, -0.1) is 0 Å². The Morgan fingerprint density at radius 1 is 1.05 bits per heavy atom. The molecule has 0 heterocycles. The second-order valence-corrected chi connectivity index (χ2v) is 6.91. The predicted octanol–water partition coefficient (Wildman–Crippen LogP) is 3.28. The molecule has 0 radical (unpaired) electrons. The van der Waals surface area contributed by atoms with Gasteiger partial charge in [0.15, 0.2) is 0 Å². The summed E-state index contributed by atoms with van der Waals surface area (Å²) in [7, 11) is 8.61. The molecule has 1 aromatic carbocycles. The smallest absolute Gasteiger partial charge is 0.0361 e. The summed E-state index contributed by atoms with van der Waals surface area (Å²) >= 11 is 0. The largest absolute Gasteiger partial charge is 0.378 e. The van der Waals surface area contributed by atoms with E-state index in [0.717, 1.165) is 6.54 Å².